The summed E-state index contributed by atoms with van der Waals surface area (Å²) < 4.78 is 5.20. The summed E-state index contributed by atoms with van der Waals surface area (Å²) in [4.78, 5) is 27.6. The van der Waals surface area contributed by atoms with Crippen molar-refractivity contribution in [3.63, 3.8) is 0 Å². The Hall–Kier alpha value is -2.83. The molecule has 1 unspecified atom stereocenters. The smallest absolute Gasteiger partial charge is 0.258 e. The first-order valence-electron chi connectivity index (χ1n) is 11.8. The summed E-state index contributed by atoms with van der Waals surface area (Å²) in [7, 11) is 1.61. The average Bonchev–Trinajstić information content (AvgIpc) is 3.17. The van der Waals surface area contributed by atoms with Crippen molar-refractivity contribution in [1.82, 2.24) is 0 Å². The maximum Gasteiger partial charge on any atom is 0.258 e. The van der Waals surface area contributed by atoms with Gasteiger partial charge in [-0.1, -0.05) is 44.5 Å². The Labute approximate surface area is 215 Å². The standard InChI is InChI=1S/C28H31ClN2O3S/c1-28(2,3)18-7-14-22-23(16-18)35-27(25(22)26(33)30-20-10-8-19(29)9-11-20)31-24(32)15-17-5-12-21(34-4)13-6-17/h5-6,8-13,18H,7,14-16H2,1-4H3,(H,30,33)(H,31,32). The first-order chi connectivity index (χ1) is 16.6. The number of carbonyl (C=O) groups excluding carboxylic acids is 2. The third kappa shape index (κ3) is 6.06. The summed E-state index contributed by atoms with van der Waals surface area (Å²) in [6.07, 6.45) is 2.98. The fraction of sp³-hybridized carbons (Fsp3) is 0.357. The van der Waals surface area contributed by atoms with E-state index < -0.39 is 0 Å². The topological polar surface area (TPSA) is 67.4 Å². The van der Waals surface area contributed by atoms with Gasteiger partial charge in [0.05, 0.1) is 19.1 Å². The van der Waals surface area contributed by atoms with Crippen LogP contribution in [-0.2, 0) is 24.1 Å². The van der Waals surface area contributed by atoms with E-state index in [-0.39, 0.29) is 23.7 Å². The lowest BCUT2D eigenvalue weighted by atomic mass is 9.72. The number of hydrogen-bond acceptors (Lipinski definition) is 4. The van der Waals surface area contributed by atoms with Gasteiger partial charge in [-0.3, -0.25) is 9.59 Å². The molecule has 0 aliphatic heterocycles. The van der Waals surface area contributed by atoms with Crippen molar-refractivity contribution in [2.75, 3.05) is 17.7 Å². The molecule has 0 radical (unpaired) electrons. The van der Waals surface area contributed by atoms with Gasteiger partial charge >= 0.3 is 0 Å². The molecule has 1 aliphatic rings. The van der Waals surface area contributed by atoms with Crippen LogP contribution in [0, 0.1) is 11.3 Å². The van der Waals surface area contributed by atoms with E-state index in [1.165, 1.54) is 16.2 Å². The van der Waals surface area contributed by atoms with E-state index in [1.807, 2.05) is 24.3 Å². The number of halogens is 1. The number of amides is 2. The van der Waals surface area contributed by atoms with Crippen molar-refractivity contribution in [1.29, 1.82) is 0 Å². The summed E-state index contributed by atoms with van der Waals surface area (Å²) >= 11 is 7.53. The molecule has 0 saturated carbocycles. The molecule has 1 aliphatic carbocycles. The second-order valence-corrected chi connectivity index (χ2v) is 11.6. The van der Waals surface area contributed by atoms with Gasteiger partial charge in [0.15, 0.2) is 0 Å². The molecule has 2 aromatic carbocycles. The summed E-state index contributed by atoms with van der Waals surface area (Å²) in [6, 6.07) is 14.5. The minimum atomic E-state index is -0.209. The number of hydrogen-bond donors (Lipinski definition) is 2. The molecule has 0 saturated heterocycles. The highest BCUT2D eigenvalue weighted by Crippen LogP contribution is 2.44. The van der Waals surface area contributed by atoms with Gasteiger partial charge in [-0.2, -0.15) is 0 Å². The first kappa shape index (κ1) is 25.3. The fourth-order valence-corrected chi connectivity index (χ4v) is 5.95. The third-order valence-corrected chi connectivity index (χ3v) is 8.02. The zero-order valence-electron chi connectivity index (χ0n) is 20.5. The zero-order chi connectivity index (χ0) is 25.2. The molecular formula is C28H31ClN2O3S. The number of carbonyl (C=O) groups is 2. The normalized spacial score (nSPS) is 15.3. The van der Waals surface area contributed by atoms with Crippen molar-refractivity contribution < 1.29 is 14.3 Å². The van der Waals surface area contributed by atoms with Crippen LogP contribution in [0.3, 0.4) is 0 Å². The van der Waals surface area contributed by atoms with Gasteiger partial charge < -0.3 is 15.4 Å². The van der Waals surface area contributed by atoms with Crippen molar-refractivity contribution in [3.8, 4) is 5.75 Å². The van der Waals surface area contributed by atoms with Crippen molar-refractivity contribution in [2.24, 2.45) is 11.3 Å². The number of anilines is 2. The summed E-state index contributed by atoms with van der Waals surface area (Å²) in [5.74, 6) is 0.916. The zero-order valence-corrected chi connectivity index (χ0v) is 22.1. The Morgan fingerprint density at radius 2 is 1.74 bits per heavy atom. The molecule has 2 N–H and O–H groups in total. The summed E-state index contributed by atoms with van der Waals surface area (Å²) in [5, 5.41) is 7.25. The molecule has 5 nitrogen and oxygen atoms in total. The molecule has 35 heavy (non-hydrogen) atoms. The molecule has 7 heteroatoms. The van der Waals surface area contributed by atoms with Crippen LogP contribution in [0.4, 0.5) is 10.7 Å². The SMILES string of the molecule is COc1ccc(CC(=O)Nc2sc3c(c2C(=O)Nc2ccc(Cl)cc2)CCC(C(C)(C)C)C3)cc1. The Balaban J connectivity index is 1.60. The molecule has 4 rings (SSSR count). The van der Waals surface area contributed by atoms with E-state index in [9.17, 15) is 9.59 Å². The second kappa shape index (κ2) is 10.4. The van der Waals surface area contributed by atoms with Crippen LogP contribution < -0.4 is 15.4 Å². The van der Waals surface area contributed by atoms with Crippen LogP contribution in [0.15, 0.2) is 48.5 Å². The van der Waals surface area contributed by atoms with Gasteiger partial charge in [-0.05, 0) is 78.1 Å². The third-order valence-electron chi connectivity index (χ3n) is 6.60. The molecule has 184 valence electrons. The van der Waals surface area contributed by atoms with Crippen LogP contribution >= 0.6 is 22.9 Å². The molecule has 0 fully saturated rings. The van der Waals surface area contributed by atoms with Crippen LogP contribution in [0.2, 0.25) is 5.02 Å². The fourth-order valence-electron chi connectivity index (χ4n) is 4.48. The van der Waals surface area contributed by atoms with Crippen LogP contribution in [0.1, 0.15) is 53.6 Å². The first-order valence-corrected chi connectivity index (χ1v) is 13.0. The number of rotatable bonds is 6. The molecule has 3 aromatic rings. The Morgan fingerprint density at radius 3 is 2.37 bits per heavy atom. The number of fused-ring (bicyclic) bond motifs is 1. The molecule has 0 bridgehead atoms. The van der Waals surface area contributed by atoms with Gasteiger partial charge in [0, 0.05) is 15.6 Å². The number of nitrogens with one attached hydrogen (secondary N) is 2. The van der Waals surface area contributed by atoms with Gasteiger partial charge in [0.2, 0.25) is 5.91 Å². The minimum Gasteiger partial charge on any atom is -0.497 e. The minimum absolute atomic E-state index is 0.151. The van der Waals surface area contributed by atoms with E-state index in [1.54, 1.807) is 31.4 Å². The number of thiophene rings is 1. The maximum atomic E-state index is 13.4. The lowest BCUT2D eigenvalue weighted by Gasteiger charge is -2.33. The predicted octanol–water partition coefficient (Wildman–Crippen LogP) is 6.99. The second-order valence-electron chi connectivity index (χ2n) is 10.0. The molecule has 1 atom stereocenters. The van der Waals surface area contributed by atoms with Gasteiger partial charge in [-0.15, -0.1) is 11.3 Å². The van der Waals surface area contributed by atoms with Gasteiger partial charge in [0.1, 0.15) is 10.8 Å². The predicted molar refractivity (Wildman–Crippen MR) is 144 cm³/mol. The maximum absolute atomic E-state index is 13.4. The number of ether oxygens (including phenoxy) is 1. The molecule has 0 spiro atoms. The van der Waals surface area contributed by atoms with E-state index >= 15 is 0 Å². The highest BCUT2D eigenvalue weighted by molar-refractivity contribution is 7.17. The monoisotopic (exact) mass is 510 g/mol. The number of methoxy groups -OCH3 is 1. The average molecular weight is 511 g/mol. The highest BCUT2D eigenvalue weighted by atomic mass is 35.5. The van der Waals surface area contributed by atoms with E-state index in [0.29, 0.717) is 27.2 Å². The Morgan fingerprint density at radius 1 is 1.06 bits per heavy atom. The lowest BCUT2D eigenvalue weighted by molar-refractivity contribution is -0.115. The summed E-state index contributed by atoms with van der Waals surface area (Å²) in [6.45, 7) is 6.80. The lowest BCUT2D eigenvalue weighted by Crippen LogP contribution is -2.27. The summed E-state index contributed by atoms with van der Waals surface area (Å²) in [5.41, 5.74) is 3.37. The number of benzene rings is 2. The largest absolute Gasteiger partial charge is 0.497 e. The highest BCUT2D eigenvalue weighted by Gasteiger charge is 2.34. The Bertz CT molecular complexity index is 1210. The van der Waals surface area contributed by atoms with Crippen molar-refractivity contribution >= 4 is 45.4 Å². The van der Waals surface area contributed by atoms with Gasteiger partial charge in [0.25, 0.3) is 5.91 Å². The van der Waals surface area contributed by atoms with E-state index in [4.69, 9.17) is 16.3 Å². The van der Waals surface area contributed by atoms with Crippen LogP contribution in [0.25, 0.3) is 0 Å². The van der Waals surface area contributed by atoms with Crippen molar-refractivity contribution in [2.45, 2.75) is 46.5 Å². The molecule has 2 amide bonds. The Kier molecular flexibility index (Phi) is 7.53. The molecule has 1 heterocycles. The van der Waals surface area contributed by atoms with E-state index in [2.05, 4.69) is 31.4 Å². The van der Waals surface area contributed by atoms with Crippen molar-refractivity contribution in [3.05, 3.63) is 75.1 Å². The van der Waals surface area contributed by atoms with Crippen LogP contribution in [0.5, 0.6) is 5.75 Å². The van der Waals surface area contributed by atoms with Gasteiger partial charge in [-0.25, -0.2) is 0 Å². The molecular weight excluding hydrogens is 480 g/mol. The quantitative estimate of drug-likeness (QED) is 0.375. The van der Waals surface area contributed by atoms with Crippen LogP contribution in [-0.4, -0.2) is 18.9 Å². The molecule has 1 aromatic heterocycles. The van der Waals surface area contributed by atoms with E-state index in [0.717, 1.165) is 36.1 Å².